The van der Waals surface area contributed by atoms with Gasteiger partial charge in [-0.15, -0.1) is 11.8 Å². The molecule has 7 heteroatoms. The van der Waals surface area contributed by atoms with Crippen LogP contribution < -0.4 is 0 Å². The summed E-state index contributed by atoms with van der Waals surface area (Å²) in [5.41, 5.74) is 0.758. The molecule has 1 N–H and O–H groups in total. The third kappa shape index (κ3) is 3.34. The molecule has 1 fully saturated rings. The zero-order valence-electron chi connectivity index (χ0n) is 11.5. The molecular formula is C14H15IN2O2S2. The summed E-state index contributed by atoms with van der Waals surface area (Å²) in [5, 5.41) is 14.8. The Hall–Kier alpha value is -0.410. The summed E-state index contributed by atoms with van der Waals surface area (Å²) in [7, 11) is 0. The van der Waals surface area contributed by atoms with Crippen LogP contribution in [-0.2, 0) is 0 Å². The van der Waals surface area contributed by atoms with Gasteiger partial charge in [-0.3, -0.25) is 0 Å². The number of thioether (sulfide) groups is 2. The van der Waals surface area contributed by atoms with E-state index in [9.17, 15) is 5.11 Å². The first-order valence-corrected chi connectivity index (χ1v) is 9.92. The van der Waals surface area contributed by atoms with Gasteiger partial charge < -0.3 is 9.63 Å². The molecule has 21 heavy (non-hydrogen) atoms. The van der Waals surface area contributed by atoms with Crippen molar-refractivity contribution in [1.82, 2.24) is 10.1 Å². The SMILES string of the molecule is CCC1SCCSC1c1noc(-c2ccc(I)c(O)c2)n1. The molecule has 2 aromatic rings. The normalized spacial score (nSPS) is 22.4. The zero-order chi connectivity index (χ0) is 14.8. The lowest BCUT2D eigenvalue weighted by Gasteiger charge is -2.27. The largest absolute Gasteiger partial charge is 0.507 e. The number of halogens is 1. The molecule has 1 saturated heterocycles. The monoisotopic (exact) mass is 434 g/mol. The first-order chi connectivity index (χ1) is 10.2. The topological polar surface area (TPSA) is 59.2 Å². The van der Waals surface area contributed by atoms with Crippen molar-refractivity contribution in [3.05, 3.63) is 27.6 Å². The highest BCUT2D eigenvalue weighted by Gasteiger charge is 2.30. The van der Waals surface area contributed by atoms with E-state index in [0.29, 0.717) is 16.4 Å². The summed E-state index contributed by atoms with van der Waals surface area (Å²) in [6.07, 6.45) is 1.11. The van der Waals surface area contributed by atoms with E-state index in [1.54, 1.807) is 6.07 Å². The van der Waals surface area contributed by atoms with Gasteiger partial charge in [0.25, 0.3) is 5.89 Å². The standard InChI is InChI=1S/C14H15IN2O2S2/c1-2-11-12(21-6-5-20-11)13-16-14(19-17-13)8-3-4-9(15)10(18)7-8/h3-4,7,11-12,18H,2,5-6H2,1H3. The summed E-state index contributed by atoms with van der Waals surface area (Å²) in [4.78, 5) is 4.55. The molecule has 4 nitrogen and oxygen atoms in total. The molecule has 0 saturated carbocycles. The van der Waals surface area contributed by atoms with Crippen molar-refractivity contribution < 1.29 is 9.63 Å². The van der Waals surface area contributed by atoms with Gasteiger partial charge in [0.2, 0.25) is 0 Å². The van der Waals surface area contributed by atoms with Gasteiger partial charge in [0.1, 0.15) is 5.75 Å². The van der Waals surface area contributed by atoms with E-state index in [1.165, 1.54) is 5.75 Å². The zero-order valence-corrected chi connectivity index (χ0v) is 15.2. The van der Waals surface area contributed by atoms with Gasteiger partial charge in [0.05, 0.1) is 8.82 Å². The number of hydrogen-bond donors (Lipinski definition) is 1. The van der Waals surface area contributed by atoms with Crippen LogP contribution in [0.25, 0.3) is 11.5 Å². The highest BCUT2D eigenvalue weighted by Crippen LogP contribution is 2.43. The van der Waals surface area contributed by atoms with Crippen LogP contribution in [0.5, 0.6) is 5.75 Å². The van der Waals surface area contributed by atoms with Crippen LogP contribution in [0.1, 0.15) is 24.4 Å². The van der Waals surface area contributed by atoms with Crippen LogP contribution in [0.4, 0.5) is 0 Å². The van der Waals surface area contributed by atoms with Crippen molar-refractivity contribution in [1.29, 1.82) is 0 Å². The molecule has 2 unspecified atom stereocenters. The number of rotatable bonds is 3. The van der Waals surface area contributed by atoms with Crippen molar-refractivity contribution in [2.75, 3.05) is 11.5 Å². The average Bonchev–Trinajstić information content (AvgIpc) is 2.99. The van der Waals surface area contributed by atoms with E-state index >= 15 is 0 Å². The Morgan fingerprint density at radius 2 is 2.19 bits per heavy atom. The number of phenols is 1. The summed E-state index contributed by atoms with van der Waals surface area (Å²) >= 11 is 5.98. The predicted octanol–water partition coefficient (Wildman–Crippen LogP) is 4.35. The molecule has 0 aliphatic carbocycles. The van der Waals surface area contributed by atoms with Crippen LogP contribution in [-0.4, -0.2) is 32.0 Å². The number of aromatic nitrogens is 2. The van der Waals surface area contributed by atoms with Crippen LogP contribution in [0.2, 0.25) is 0 Å². The van der Waals surface area contributed by atoms with Gasteiger partial charge in [-0.1, -0.05) is 12.1 Å². The summed E-state index contributed by atoms with van der Waals surface area (Å²) in [6.45, 7) is 2.20. The van der Waals surface area contributed by atoms with Gasteiger partial charge in [-0.2, -0.15) is 16.7 Å². The number of hydrogen-bond acceptors (Lipinski definition) is 6. The van der Waals surface area contributed by atoms with Crippen LogP contribution in [0, 0.1) is 3.57 Å². The van der Waals surface area contributed by atoms with Gasteiger partial charge in [0, 0.05) is 22.3 Å². The highest BCUT2D eigenvalue weighted by molar-refractivity contribution is 14.1. The minimum Gasteiger partial charge on any atom is -0.507 e. The van der Waals surface area contributed by atoms with E-state index in [1.807, 2.05) is 35.7 Å². The second kappa shape index (κ2) is 6.78. The fourth-order valence-electron chi connectivity index (χ4n) is 2.26. The Labute approximate surface area is 145 Å². The second-order valence-corrected chi connectivity index (χ2v) is 8.49. The Morgan fingerprint density at radius 3 is 2.95 bits per heavy atom. The number of nitrogens with zero attached hydrogens (tertiary/aromatic N) is 2. The second-order valence-electron chi connectivity index (χ2n) is 4.73. The maximum absolute atomic E-state index is 9.79. The van der Waals surface area contributed by atoms with Crippen molar-refractivity contribution in [3.63, 3.8) is 0 Å². The maximum Gasteiger partial charge on any atom is 0.258 e. The van der Waals surface area contributed by atoms with Gasteiger partial charge >= 0.3 is 0 Å². The number of benzene rings is 1. The third-order valence-electron chi connectivity index (χ3n) is 3.34. The number of aromatic hydroxyl groups is 1. The Bertz CT molecular complexity index is 635. The third-order valence-corrected chi connectivity index (χ3v) is 7.50. The van der Waals surface area contributed by atoms with Crippen molar-refractivity contribution in [3.8, 4) is 17.2 Å². The van der Waals surface area contributed by atoms with E-state index < -0.39 is 0 Å². The van der Waals surface area contributed by atoms with Crippen molar-refractivity contribution in [2.24, 2.45) is 0 Å². The Kier molecular flexibility index (Phi) is 5.00. The van der Waals surface area contributed by atoms with Gasteiger partial charge in [-0.05, 0) is 47.2 Å². The molecule has 3 rings (SSSR count). The molecule has 1 aromatic heterocycles. The quantitative estimate of drug-likeness (QED) is 0.726. The molecule has 112 valence electrons. The van der Waals surface area contributed by atoms with E-state index in [4.69, 9.17) is 4.52 Å². The van der Waals surface area contributed by atoms with E-state index in [-0.39, 0.29) is 5.75 Å². The van der Waals surface area contributed by atoms with Gasteiger partial charge in [0.15, 0.2) is 5.82 Å². The van der Waals surface area contributed by atoms with Gasteiger partial charge in [-0.25, -0.2) is 0 Å². The first kappa shape index (κ1) is 15.5. The maximum atomic E-state index is 9.79. The van der Waals surface area contributed by atoms with Crippen LogP contribution in [0.15, 0.2) is 22.7 Å². The molecule has 0 bridgehead atoms. The lowest BCUT2D eigenvalue weighted by atomic mass is 10.2. The minimum atomic E-state index is 0.238. The predicted molar refractivity (Wildman–Crippen MR) is 95.9 cm³/mol. The molecule has 1 aliphatic rings. The lowest BCUT2D eigenvalue weighted by Crippen LogP contribution is -2.19. The highest BCUT2D eigenvalue weighted by atomic mass is 127. The molecule has 1 aromatic carbocycles. The van der Waals surface area contributed by atoms with Crippen LogP contribution >= 0.6 is 46.1 Å². The van der Waals surface area contributed by atoms with E-state index in [2.05, 4.69) is 39.7 Å². The molecule has 1 aliphatic heterocycles. The molecule has 0 radical (unpaired) electrons. The van der Waals surface area contributed by atoms with Crippen molar-refractivity contribution in [2.45, 2.75) is 23.8 Å². The number of phenolic OH excluding ortho intramolecular Hbond substituents is 1. The molecule has 0 spiro atoms. The van der Waals surface area contributed by atoms with Crippen LogP contribution in [0.3, 0.4) is 0 Å². The smallest absolute Gasteiger partial charge is 0.258 e. The minimum absolute atomic E-state index is 0.238. The fraction of sp³-hybridized carbons (Fsp3) is 0.429. The fourth-order valence-corrected chi connectivity index (χ4v) is 5.57. The lowest BCUT2D eigenvalue weighted by molar-refractivity contribution is 0.420. The van der Waals surface area contributed by atoms with E-state index in [0.717, 1.165) is 27.1 Å². The Morgan fingerprint density at radius 1 is 1.38 bits per heavy atom. The molecule has 2 heterocycles. The Balaban J connectivity index is 1.86. The van der Waals surface area contributed by atoms with Crippen molar-refractivity contribution >= 4 is 46.1 Å². The molecule has 2 atom stereocenters. The summed E-state index contributed by atoms with van der Waals surface area (Å²) in [6, 6.07) is 5.40. The molecule has 0 amide bonds. The first-order valence-electron chi connectivity index (χ1n) is 6.74. The average molecular weight is 434 g/mol. The molecular weight excluding hydrogens is 419 g/mol. The summed E-state index contributed by atoms with van der Waals surface area (Å²) in [5.74, 6) is 3.80. The summed E-state index contributed by atoms with van der Waals surface area (Å²) < 4.78 is 6.20.